The van der Waals surface area contributed by atoms with E-state index in [1.54, 1.807) is 0 Å². The maximum atomic E-state index is 10.9. The van der Waals surface area contributed by atoms with Crippen molar-refractivity contribution in [2.24, 2.45) is 9.98 Å². The second-order valence-corrected chi connectivity index (χ2v) is 10.8. The topological polar surface area (TPSA) is 65.2 Å². The van der Waals surface area contributed by atoms with Crippen molar-refractivity contribution in [2.75, 3.05) is 13.1 Å². The molecule has 0 amide bonds. The van der Waals surface area contributed by atoms with E-state index in [1.807, 2.05) is 12.4 Å². The molecule has 0 aliphatic carbocycles. The second-order valence-electron chi connectivity index (χ2n) is 10.8. The van der Waals surface area contributed by atoms with E-state index in [9.17, 15) is 10.2 Å². The molecule has 4 nitrogen and oxygen atoms in total. The van der Waals surface area contributed by atoms with Crippen LogP contribution in [0.25, 0.3) is 0 Å². The van der Waals surface area contributed by atoms with Gasteiger partial charge in [-0.1, -0.05) is 67.5 Å². The third kappa shape index (κ3) is 8.18. The van der Waals surface area contributed by atoms with Gasteiger partial charge in [0.15, 0.2) is 0 Å². The lowest BCUT2D eigenvalue weighted by Gasteiger charge is -2.18. The van der Waals surface area contributed by atoms with Gasteiger partial charge in [-0.3, -0.25) is 9.98 Å². The Morgan fingerprint density at radius 3 is 1.27 bits per heavy atom. The molecule has 204 valence electrons. The first-order valence-electron chi connectivity index (χ1n) is 14.4. The van der Waals surface area contributed by atoms with Gasteiger partial charge in [-0.15, -0.1) is 0 Å². The Balaban J connectivity index is 2.11. The Morgan fingerprint density at radius 2 is 0.946 bits per heavy atom. The molecule has 2 rings (SSSR count). The summed E-state index contributed by atoms with van der Waals surface area (Å²) in [4.78, 5) is 9.21. The number of phenolic OH excluding ortho intramolecular Hbond substituents is 2. The standard InChI is InChI=1S/C33H50N2O2/c1-9-22(5)26-16-28(32(36)30(18-26)24(7)11-3)20-34-14-13-15-35-21-29-17-27(23(6)10-2)19-31(33(29)37)25(8)12-4/h16-25,36-37H,9-15H2,1-8H3. The van der Waals surface area contributed by atoms with Crippen molar-refractivity contribution in [2.45, 2.75) is 111 Å². The fraction of sp³-hybridized carbons (Fsp3) is 0.576. The minimum atomic E-state index is 0.307. The summed E-state index contributed by atoms with van der Waals surface area (Å²) in [7, 11) is 0. The second kappa shape index (κ2) is 15.0. The summed E-state index contributed by atoms with van der Waals surface area (Å²) >= 11 is 0. The molecule has 0 fully saturated rings. The highest BCUT2D eigenvalue weighted by atomic mass is 16.3. The summed E-state index contributed by atoms with van der Waals surface area (Å²) in [6, 6.07) is 8.50. The first-order valence-corrected chi connectivity index (χ1v) is 14.4. The monoisotopic (exact) mass is 506 g/mol. The van der Waals surface area contributed by atoms with Gasteiger partial charge in [0.1, 0.15) is 11.5 Å². The number of nitrogens with zero attached hydrogens (tertiary/aromatic N) is 2. The molecule has 0 aliphatic heterocycles. The number of phenols is 2. The number of hydrogen-bond donors (Lipinski definition) is 2. The number of hydrogen-bond acceptors (Lipinski definition) is 4. The minimum Gasteiger partial charge on any atom is -0.507 e. The predicted octanol–water partition coefficient (Wildman–Crippen LogP) is 9.08. The highest BCUT2D eigenvalue weighted by Crippen LogP contribution is 2.35. The van der Waals surface area contributed by atoms with E-state index in [0.29, 0.717) is 48.3 Å². The maximum Gasteiger partial charge on any atom is 0.127 e. The lowest BCUT2D eigenvalue weighted by atomic mass is 9.89. The molecule has 4 heteroatoms. The molecule has 0 heterocycles. The Bertz CT molecular complexity index is 973. The van der Waals surface area contributed by atoms with Gasteiger partial charge in [0.25, 0.3) is 0 Å². The van der Waals surface area contributed by atoms with Crippen LogP contribution in [0, 0.1) is 0 Å². The van der Waals surface area contributed by atoms with Gasteiger partial charge in [-0.25, -0.2) is 0 Å². The molecule has 2 aromatic rings. The van der Waals surface area contributed by atoms with Crippen molar-refractivity contribution in [3.8, 4) is 11.5 Å². The largest absolute Gasteiger partial charge is 0.507 e. The van der Waals surface area contributed by atoms with E-state index < -0.39 is 0 Å². The fourth-order valence-corrected chi connectivity index (χ4v) is 4.42. The SMILES string of the molecule is CCC(C)c1cc(C=NCCCN=Cc2cc(C(C)CC)cc(C(C)CC)c2O)c(O)c(C(C)CC)c1. The number of aromatic hydroxyl groups is 2. The Morgan fingerprint density at radius 1 is 0.595 bits per heavy atom. The first kappa shape index (κ1) is 30.6. The van der Waals surface area contributed by atoms with Crippen LogP contribution in [0.5, 0.6) is 11.5 Å². The van der Waals surface area contributed by atoms with Crippen molar-refractivity contribution in [3.63, 3.8) is 0 Å². The molecule has 0 saturated carbocycles. The third-order valence-electron chi connectivity index (χ3n) is 8.07. The molecular formula is C33H50N2O2. The van der Waals surface area contributed by atoms with Crippen molar-refractivity contribution < 1.29 is 10.2 Å². The average Bonchev–Trinajstić information content (AvgIpc) is 2.92. The van der Waals surface area contributed by atoms with E-state index in [4.69, 9.17) is 0 Å². The summed E-state index contributed by atoms with van der Waals surface area (Å²) in [6.45, 7) is 18.8. The average molecular weight is 507 g/mol. The van der Waals surface area contributed by atoms with Crippen LogP contribution in [0.15, 0.2) is 34.3 Å². The molecule has 0 aliphatic rings. The molecule has 0 spiro atoms. The van der Waals surface area contributed by atoms with E-state index in [0.717, 1.165) is 54.4 Å². The molecular weight excluding hydrogens is 456 g/mol. The summed E-state index contributed by atoms with van der Waals surface area (Å²) in [5.74, 6) is 2.22. The van der Waals surface area contributed by atoms with E-state index in [2.05, 4.69) is 89.6 Å². The van der Waals surface area contributed by atoms with Crippen LogP contribution in [0.2, 0.25) is 0 Å². The Labute approximate surface area is 226 Å². The van der Waals surface area contributed by atoms with Gasteiger partial charge in [0.05, 0.1) is 0 Å². The zero-order valence-electron chi connectivity index (χ0n) is 24.5. The predicted molar refractivity (Wildman–Crippen MR) is 161 cm³/mol. The normalized spacial score (nSPS) is 15.4. The van der Waals surface area contributed by atoms with Crippen LogP contribution >= 0.6 is 0 Å². The first-order chi connectivity index (χ1) is 17.7. The molecule has 4 atom stereocenters. The van der Waals surface area contributed by atoms with Gasteiger partial charge < -0.3 is 10.2 Å². The Hall–Kier alpha value is -2.62. The van der Waals surface area contributed by atoms with Crippen LogP contribution < -0.4 is 0 Å². The molecule has 4 unspecified atom stereocenters. The van der Waals surface area contributed by atoms with Crippen molar-refractivity contribution in [1.82, 2.24) is 0 Å². The minimum absolute atomic E-state index is 0.307. The van der Waals surface area contributed by atoms with Crippen LogP contribution in [0.1, 0.15) is 145 Å². The number of benzene rings is 2. The molecule has 0 bridgehead atoms. The smallest absolute Gasteiger partial charge is 0.127 e. The molecule has 0 aromatic heterocycles. The summed E-state index contributed by atoms with van der Waals surface area (Å²) < 4.78 is 0. The zero-order chi connectivity index (χ0) is 27.5. The lowest BCUT2D eigenvalue weighted by molar-refractivity contribution is 0.460. The van der Waals surface area contributed by atoms with Gasteiger partial charge in [0, 0.05) is 36.6 Å². The van der Waals surface area contributed by atoms with Crippen LogP contribution in [-0.2, 0) is 0 Å². The van der Waals surface area contributed by atoms with E-state index in [-0.39, 0.29) is 0 Å². The highest BCUT2D eigenvalue weighted by molar-refractivity contribution is 5.85. The third-order valence-corrected chi connectivity index (χ3v) is 8.07. The van der Waals surface area contributed by atoms with E-state index >= 15 is 0 Å². The van der Waals surface area contributed by atoms with E-state index in [1.165, 1.54) is 11.1 Å². The molecule has 2 N–H and O–H groups in total. The van der Waals surface area contributed by atoms with Crippen LogP contribution in [0.4, 0.5) is 0 Å². The zero-order valence-corrected chi connectivity index (χ0v) is 24.5. The molecule has 0 radical (unpaired) electrons. The highest BCUT2D eigenvalue weighted by Gasteiger charge is 2.17. The van der Waals surface area contributed by atoms with Gasteiger partial charge in [-0.05, 0) is 90.2 Å². The quantitative estimate of drug-likeness (QED) is 0.198. The van der Waals surface area contributed by atoms with Crippen LogP contribution in [-0.4, -0.2) is 35.7 Å². The summed E-state index contributed by atoms with van der Waals surface area (Å²) in [6.07, 6.45) is 8.54. The van der Waals surface area contributed by atoms with Crippen molar-refractivity contribution in [3.05, 3.63) is 57.6 Å². The van der Waals surface area contributed by atoms with Crippen LogP contribution in [0.3, 0.4) is 0 Å². The van der Waals surface area contributed by atoms with Gasteiger partial charge in [0.2, 0.25) is 0 Å². The number of rotatable bonds is 14. The molecule has 2 aromatic carbocycles. The summed E-state index contributed by atoms with van der Waals surface area (Å²) in [5.41, 5.74) is 6.17. The van der Waals surface area contributed by atoms with Gasteiger partial charge >= 0.3 is 0 Å². The molecule has 37 heavy (non-hydrogen) atoms. The van der Waals surface area contributed by atoms with Crippen molar-refractivity contribution >= 4 is 12.4 Å². The van der Waals surface area contributed by atoms with Crippen molar-refractivity contribution in [1.29, 1.82) is 0 Å². The maximum absolute atomic E-state index is 10.9. The summed E-state index contributed by atoms with van der Waals surface area (Å²) in [5, 5.41) is 21.8. The number of aliphatic imine (C=N–C) groups is 2. The Kier molecular flexibility index (Phi) is 12.4. The fourth-order valence-electron chi connectivity index (χ4n) is 4.42. The molecule has 0 saturated heterocycles. The van der Waals surface area contributed by atoms with Gasteiger partial charge in [-0.2, -0.15) is 0 Å². The lowest BCUT2D eigenvalue weighted by Crippen LogP contribution is -2.01.